The molecule has 0 fully saturated rings. The van der Waals surface area contributed by atoms with E-state index in [1.54, 1.807) is 6.07 Å². The molecular formula is C14H12O3. The first-order chi connectivity index (χ1) is 8.09. The molecule has 2 rings (SSSR count). The largest absolute Gasteiger partial charge is 0.425 e. The lowest BCUT2D eigenvalue weighted by molar-refractivity contribution is -0.131. The summed E-state index contributed by atoms with van der Waals surface area (Å²) in [5.74, 6) is -0.195. The van der Waals surface area contributed by atoms with Crippen molar-refractivity contribution in [2.75, 3.05) is 0 Å². The maximum Gasteiger partial charge on any atom is 0.308 e. The summed E-state index contributed by atoms with van der Waals surface area (Å²) in [6.07, 6.45) is 0. The van der Waals surface area contributed by atoms with Crippen molar-refractivity contribution in [2.45, 2.75) is 13.8 Å². The minimum absolute atomic E-state index is 0.119. The normalized spacial score (nSPS) is 10.2. The molecular weight excluding hydrogens is 216 g/mol. The maximum atomic E-state index is 11.5. The summed E-state index contributed by atoms with van der Waals surface area (Å²) in [6.45, 7) is 2.78. The predicted molar refractivity (Wildman–Crippen MR) is 65.3 cm³/mol. The Morgan fingerprint density at radius 3 is 2.35 bits per heavy atom. The molecule has 0 bridgehead atoms. The standard InChI is InChI=1S/C14H12O3/c1-9(15)12-8-7-11-5-3-4-6-13(11)14(12)17-10(2)16/h3-8H,1-2H3. The Kier molecular flexibility index (Phi) is 2.91. The van der Waals surface area contributed by atoms with E-state index in [0.717, 1.165) is 10.8 Å². The number of carbonyl (C=O) groups excluding carboxylic acids is 2. The molecule has 3 heteroatoms. The molecule has 0 spiro atoms. The van der Waals surface area contributed by atoms with Gasteiger partial charge in [0.2, 0.25) is 0 Å². The van der Waals surface area contributed by atoms with Gasteiger partial charge in [0, 0.05) is 12.3 Å². The summed E-state index contributed by atoms with van der Waals surface area (Å²) in [7, 11) is 0. The van der Waals surface area contributed by atoms with E-state index < -0.39 is 5.97 Å². The van der Waals surface area contributed by atoms with Crippen molar-refractivity contribution in [3.63, 3.8) is 0 Å². The van der Waals surface area contributed by atoms with Crippen molar-refractivity contribution in [3.05, 3.63) is 42.0 Å². The predicted octanol–water partition coefficient (Wildman–Crippen LogP) is 2.97. The number of rotatable bonds is 2. The van der Waals surface area contributed by atoms with Crippen LogP contribution in [-0.4, -0.2) is 11.8 Å². The second kappa shape index (κ2) is 4.37. The molecule has 0 radical (unpaired) electrons. The Hall–Kier alpha value is -2.16. The molecule has 2 aromatic carbocycles. The van der Waals surface area contributed by atoms with Gasteiger partial charge in [-0.05, 0) is 18.4 Å². The molecule has 17 heavy (non-hydrogen) atoms. The zero-order chi connectivity index (χ0) is 12.4. The number of benzene rings is 2. The van der Waals surface area contributed by atoms with Gasteiger partial charge in [0.25, 0.3) is 0 Å². The van der Waals surface area contributed by atoms with E-state index in [4.69, 9.17) is 4.74 Å². The monoisotopic (exact) mass is 228 g/mol. The number of carbonyl (C=O) groups is 2. The lowest BCUT2D eigenvalue weighted by Gasteiger charge is -2.10. The van der Waals surface area contributed by atoms with E-state index in [1.807, 2.05) is 30.3 Å². The van der Waals surface area contributed by atoms with Crippen LogP contribution in [0.25, 0.3) is 10.8 Å². The molecule has 0 aromatic heterocycles. The van der Waals surface area contributed by atoms with Gasteiger partial charge >= 0.3 is 5.97 Å². The highest BCUT2D eigenvalue weighted by molar-refractivity contribution is 6.04. The minimum atomic E-state index is -0.427. The highest BCUT2D eigenvalue weighted by atomic mass is 16.5. The second-order valence-corrected chi connectivity index (χ2v) is 3.81. The van der Waals surface area contributed by atoms with Crippen molar-refractivity contribution in [1.29, 1.82) is 0 Å². The fraction of sp³-hybridized carbons (Fsp3) is 0.143. The van der Waals surface area contributed by atoms with Gasteiger partial charge in [-0.25, -0.2) is 0 Å². The summed E-state index contributed by atoms with van der Waals surface area (Å²) in [5, 5.41) is 1.71. The van der Waals surface area contributed by atoms with Crippen LogP contribution in [-0.2, 0) is 4.79 Å². The fourth-order valence-corrected chi connectivity index (χ4v) is 1.77. The molecule has 0 unspecified atom stereocenters. The topological polar surface area (TPSA) is 43.4 Å². The van der Waals surface area contributed by atoms with Crippen LogP contribution in [0.3, 0.4) is 0 Å². The Bertz CT molecular complexity index is 599. The van der Waals surface area contributed by atoms with Crippen LogP contribution in [0.4, 0.5) is 0 Å². The van der Waals surface area contributed by atoms with E-state index in [2.05, 4.69) is 0 Å². The first-order valence-electron chi connectivity index (χ1n) is 5.30. The summed E-state index contributed by atoms with van der Waals surface area (Å²) in [4.78, 5) is 22.6. The summed E-state index contributed by atoms with van der Waals surface area (Å²) >= 11 is 0. The molecule has 0 heterocycles. The molecule has 86 valence electrons. The highest BCUT2D eigenvalue weighted by Gasteiger charge is 2.13. The van der Waals surface area contributed by atoms with Crippen molar-refractivity contribution in [3.8, 4) is 5.75 Å². The van der Waals surface area contributed by atoms with E-state index in [-0.39, 0.29) is 5.78 Å². The van der Waals surface area contributed by atoms with Crippen LogP contribution in [0, 0.1) is 0 Å². The van der Waals surface area contributed by atoms with E-state index in [9.17, 15) is 9.59 Å². The van der Waals surface area contributed by atoms with Crippen LogP contribution in [0.2, 0.25) is 0 Å². The maximum absolute atomic E-state index is 11.5. The molecule has 0 aliphatic rings. The molecule has 0 saturated carbocycles. The number of hydrogen-bond acceptors (Lipinski definition) is 3. The van der Waals surface area contributed by atoms with Gasteiger partial charge in [-0.1, -0.05) is 30.3 Å². The van der Waals surface area contributed by atoms with Crippen molar-refractivity contribution < 1.29 is 14.3 Å². The third-order valence-corrected chi connectivity index (χ3v) is 2.50. The highest BCUT2D eigenvalue weighted by Crippen LogP contribution is 2.30. The smallest absolute Gasteiger partial charge is 0.308 e. The summed E-state index contributed by atoms with van der Waals surface area (Å²) < 4.78 is 5.16. The van der Waals surface area contributed by atoms with Gasteiger partial charge in [-0.3, -0.25) is 9.59 Å². The van der Waals surface area contributed by atoms with Gasteiger partial charge in [-0.2, -0.15) is 0 Å². The number of esters is 1. The average molecular weight is 228 g/mol. The lowest BCUT2D eigenvalue weighted by Crippen LogP contribution is -2.06. The molecule has 2 aromatic rings. The Morgan fingerprint density at radius 2 is 1.71 bits per heavy atom. The third kappa shape index (κ3) is 2.18. The van der Waals surface area contributed by atoms with Crippen LogP contribution < -0.4 is 4.74 Å². The van der Waals surface area contributed by atoms with Gasteiger partial charge < -0.3 is 4.74 Å². The van der Waals surface area contributed by atoms with E-state index >= 15 is 0 Å². The van der Waals surface area contributed by atoms with Crippen LogP contribution in [0.15, 0.2) is 36.4 Å². The summed E-state index contributed by atoms with van der Waals surface area (Å²) in [6, 6.07) is 11.0. The average Bonchev–Trinajstić information content (AvgIpc) is 2.28. The number of ether oxygens (including phenoxy) is 1. The Morgan fingerprint density at radius 1 is 1.00 bits per heavy atom. The first-order valence-corrected chi connectivity index (χ1v) is 5.30. The third-order valence-electron chi connectivity index (χ3n) is 2.50. The zero-order valence-electron chi connectivity index (χ0n) is 9.69. The lowest BCUT2D eigenvalue weighted by atomic mass is 10.0. The second-order valence-electron chi connectivity index (χ2n) is 3.81. The molecule has 3 nitrogen and oxygen atoms in total. The number of Topliss-reactive ketones (excluding diaryl/α,β-unsaturated/α-hetero) is 1. The molecule has 0 saturated heterocycles. The number of fused-ring (bicyclic) bond motifs is 1. The molecule has 0 atom stereocenters. The minimum Gasteiger partial charge on any atom is -0.425 e. The van der Waals surface area contributed by atoms with Crippen LogP contribution >= 0.6 is 0 Å². The summed E-state index contributed by atoms with van der Waals surface area (Å²) in [5.41, 5.74) is 0.430. The molecule has 0 aliphatic carbocycles. The quantitative estimate of drug-likeness (QED) is 0.451. The molecule has 0 aliphatic heterocycles. The van der Waals surface area contributed by atoms with E-state index in [1.165, 1.54) is 13.8 Å². The Balaban J connectivity index is 2.74. The SMILES string of the molecule is CC(=O)Oc1c(C(C)=O)ccc2ccccc12. The van der Waals surface area contributed by atoms with Crippen LogP contribution in [0.1, 0.15) is 24.2 Å². The van der Waals surface area contributed by atoms with Gasteiger partial charge in [0.15, 0.2) is 5.78 Å². The Labute approximate surface area is 99.0 Å². The first kappa shape index (κ1) is 11.3. The van der Waals surface area contributed by atoms with Crippen LogP contribution in [0.5, 0.6) is 5.75 Å². The van der Waals surface area contributed by atoms with Crippen molar-refractivity contribution in [1.82, 2.24) is 0 Å². The number of ketones is 1. The van der Waals surface area contributed by atoms with Gasteiger partial charge in [0.05, 0.1) is 5.56 Å². The number of hydrogen-bond donors (Lipinski definition) is 0. The fourth-order valence-electron chi connectivity index (χ4n) is 1.77. The van der Waals surface area contributed by atoms with Crippen molar-refractivity contribution >= 4 is 22.5 Å². The van der Waals surface area contributed by atoms with Gasteiger partial charge in [0.1, 0.15) is 5.75 Å². The molecule has 0 N–H and O–H groups in total. The van der Waals surface area contributed by atoms with E-state index in [0.29, 0.717) is 11.3 Å². The zero-order valence-corrected chi connectivity index (χ0v) is 9.69. The van der Waals surface area contributed by atoms with Gasteiger partial charge in [-0.15, -0.1) is 0 Å². The van der Waals surface area contributed by atoms with Crippen molar-refractivity contribution in [2.24, 2.45) is 0 Å². The molecule has 0 amide bonds.